The fraction of sp³-hybridized carbons (Fsp3) is 0.429. The molecule has 5 rings (SSSR count). The SMILES string of the molecule is COc1ncccc1CN1CCc2nc(-c3cnn(C)c3)nc(NC3CC3)c2C1. The Labute approximate surface area is 170 Å². The minimum Gasteiger partial charge on any atom is -0.481 e. The highest BCUT2D eigenvalue weighted by atomic mass is 16.5. The largest absolute Gasteiger partial charge is 0.481 e. The summed E-state index contributed by atoms with van der Waals surface area (Å²) in [4.78, 5) is 16.5. The molecule has 1 N–H and O–H groups in total. The monoisotopic (exact) mass is 391 g/mol. The van der Waals surface area contributed by atoms with Crippen LogP contribution < -0.4 is 10.1 Å². The van der Waals surface area contributed by atoms with E-state index in [-0.39, 0.29) is 0 Å². The van der Waals surface area contributed by atoms with E-state index < -0.39 is 0 Å². The number of ether oxygens (including phenoxy) is 1. The van der Waals surface area contributed by atoms with E-state index in [0.717, 1.165) is 54.5 Å². The highest BCUT2D eigenvalue weighted by molar-refractivity contribution is 5.59. The van der Waals surface area contributed by atoms with Gasteiger partial charge in [-0.2, -0.15) is 5.10 Å². The first-order valence-corrected chi connectivity index (χ1v) is 10.0. The van der Waals surface area contributed by atoms with E-state index in [4.69, 9.17) is 14.7 Å². The molecule has 0 unspecified atom stereocenters. The minimum absolute atomic E-state index is 0.532. The molecule has 0 bridgehead atoms. The first-order valence-electron chi connectivity index (χ1n) is 10.0. The Morgan fingerprint density at radius 1 is 1.28 bits per heavy atom. The van der Waals surface area contributed by atoms with Crippen LogP contribution in [0.5, 0.6) is 5.88 Å². The van der Waals surface area contributed by atoms with Crippen molar-refractivity contribution in [2.24, 2.45) is 7.05 Å². The van der Waals surface area contributed by atoms with Gasteiger partial charge in [0.05, 0.1) is 24.6 Å². The van der Waals surface area contributed by atoms with Gasteiger partial charge in [0.15, 0.2) is 5.82 Å². The Morgan fingerprint density at radius 3 is 2.93 bits per heavy atom. The fourth-order valence-electron chi connectivity index (χ4n) is 3.78. The van der Waals surface area contributed by atoms with Crippen LogP contribution in [0.2, 0.25) is 0 Å². The minimum atomic E-state index is 0.532. The third-order valence-corrected chi connectivity index (χ3v) is 5.46. The van der Waals surface area contributed by atoms with Crippen LogP contribution >= 0.6 is 0 Å². The molecule has 2 aliphatic rings. The van der Waals surface area contributed by atoms with Crippen molar-refractivity contribution in [2.75, 3.05) is 19.0 Å². The van der Waals surface area contributed by atoms with Crippen LogP contribution in [0.15, 0.2) is 30.7 Å². The zero-order valence-corrected chi connectivity index (χ0v) is 16.8. The molecule has 8 heteroatoms. The van der Waals surface area contributed by atoms with Crippen LogP contribution in [0.4, 0.5) is 5.82 Å². The van der Waals surface area contributed by atoms with Gasteiger partial charge in [0.2, 0.25) is 5.88 Å². The molecule has 0 amide bonds. The van der Waals surface area contributed by atoms with E-state index in [0.29, 0.717) is 11.9 Å². The molecule has 3 aromatic heterocycles. The second-order valence-electron chi connectivity index (χ2n) is 7.77. The standard InChI is InChI=1S/C21H25N7O/c1-27-11-15(10-23-27)19-25-18-7-9-28(12-14-4-3-8-22-21(14)29-2)13-17(18)20(26-19)24-16-5-6-16/h3-4,8,10-11,16H,5-7,9,12-13H2,1-2H3,(H,24,25,26). The number of anilines is 1. The summed E-state index contributed by atoms with van der Waals surface area (Å²) in [5.74, 6) is 2.42. The molecule has 1 saturated carbocycles. The molecule has 29 heavy (non-hydrogen) atoms. The van der Waals surface area contributed by atoms with Crippen molar-refractivity contribution >= 4 is 5.82 Å². The summed E-state index contributed by atoms with van der Waals surface area (Å²) >= 11 is 0. The molecule has 3 aromatic rings. The lowest BCUT2D eigenvalue weighted by Crippen LogP contribution is -2.32. The van der Waals surface area contributed by atoms with Gasteiger partial charge in [-0.1, -0.05) is 6.07 Å². The van der Waals surface area contributed by atoms with Crippen LogP contribution in [0.3, 0.4) is 0 Å². The molecule has 0 atom stereocenters. The fourth-order valence-corrected chi connectivity index (χ4v) is 3.78. The lowest BCUT2D eigenvalue weighted by atomic mass is 10.0. The lowest BCUT2D eigenvalue weighted by Gasteiger charge is -2.30. The Bertz CT molecular complexity index is 1030. The van der Waals surface area contributed by atoms with Crippen LogP contribution in [0, 0.1) is 0 Å². The number of hydrogen-bond donors (Lipinski definition) is 1. The predicted octanol–water partition coefficient (Wildman–Crippen LogP) is 2.41. The topological polar surface area (TPSA) is 81.0 Å². The van der Waals surface area contributed by atoms with E-state index in [1.807, 2.05) is 25.5 Å². The zero-order chi connectivity index (χ0) is 19.8. The number of pyridine rings is 1. The molecule has 1 aliphatic carbocycles. The first-order chi connectivity index (χ1) is 14.2. The highest BCUT2D eigenvalue weighted by Crippen LogP contribution is 2.32. The van der Waals surface area contributed by atoms with Crippen LogP contribution in [0.25, 0.3) is 11.4 Å². The zero-order valence-electron chi connectivity index (χ0n) is 16.8. The van der Waals surface area contributed by atoms with Gasteiger partial charge in [-0.15, -0.1) is 0 Å². The van der Waals surface area contributed by atoms with Crippen molar-refractivity contribution < 1.29 is 4.74 Å². The lowest BCUT2D eigenvalue weighted by molar-refractivity contribution is 0.239. The van der Waals surface area contributed by atoms with Gasteiger partial charge in [-0.25, -0.2) is 15.0 Å². The molecule has 8 nitrogen and oxygen atoms in total. The molecule has 1 aliphatic heterocycles. The number of hydrogen-bond acceptors (Lipinski definition) is 7. The van der Waals surface area contributed by atoms with Gasteiger partial charge in [-0.3, -0.25) is 9.58 Å². The number of nitrogens with zero attached hydrogens (tertiary/aromatic N) is 6. The number of nitrogens with one attached hydrogen (secondary N) is 1. The summed E-state index contributed by atoms with van der Waals surface area (Å²) in [6.45, 7) is 2.55. The third kappa shape index (κ3) is 3.80. The predicted molar refractivity (Wildman–Crippen MR) is 109 cm³/mol. The molecule has 0 saturated heterocycles. The van der Waals surface area contributed by atoms with Crippen molar-refractivity contribution in [3.8, 4) is 17.3 Å². The average molecular weight is 391 g/mol. The van der Waals surface area contributed by atoms with Gasteiger partial charge >= 0.3 is 0 Å². The Balaban J connectivity index is 1.44. The number of aryl methyl sites for hydroxylation is 1. The molecular weight excluding hydrogens is 366 g/mol. The van der Waals surface area contributed by atoms with Crippen LogP contribution in [-0.4, -0.2) is 49.3 Å². The summed E-state index contributed by atoms with van der Waals surface area (Å²) < 4.78 is 7.21. The van der Waals surface area contributed by atoms with Gasteiger partial charge in [0.25, 0.3) is 0 Å². The number of fused-ring (bicyclic) bond motifs is 1. The average Bonchev–Trinajstić information content (AvgIpc) is 3.45. The number of aromatic nitrogens is 5. The Hall–Kier alpha value is -3.00. The van der Waals surface area contributed by atoms with Gasteiger partial charge in [0, 0.05) is 62.7 Å². The van der Waals surface area contributed by atoms with E-state index >= 15 is 0 Å². The highest BCUT2D eigenvalue weighted by Gasteiger charge is 2.28. The second kappa shape index (κ2) is 7.44. The van der Waals surface area contributed by atoms with Crippen molar-refractivity contribution in [2.45, 2.75) is 38.4 Å². The Kier molecular flexibility index (Phi) is 4.63. The van der Waals surface area contributed by atoms with Crippen molar-refractivity contribution in [1.82, 2.24) is 29.6 Å². The quantitative estimate of drug-likeness (QED) is 0.691. The maximum absolute atomic E-state index is 5.42. The summed E-state index contributed by atoms with van der Waals surface area (Å²) in [6.07, 6.45) is 8.86. The van der Waals surface area contributed by atoms with E-state index in [1.165, 1.54) is 18.4 Å². The normalized spacial score (nSPS) is 16.5. The van der Waals surface area contributed by atoms with Crippen molar-refractivity contribution in [3.05, 3.63) is 47.5 Å². The molecule has 150 valence electrons. The summed E-state index contributed by atoms with van der Waals surface area (Å²) in [6, 6.07) is 4.57. The molecule has 1 fully saturated rings. The van der Waals surface area contributed by atoms with E-state index in [2.05, 4.69) is 26.4 Å². The van der Waals surface area contributed by atoms with Gasteiger partial charge in [0.1, 0.15) is 5.82 Å². The van der Waals surface area contributed by atoms with Gasteiger partial charge in [-0.05, 0) is 18.9 Å². The molecular formula is C21H25N7O. The van der Waals surface area contributed by atoms with E-state index in [1.54, 1.807) is 18.0 Å². The number of rotatable bonds is 6. The molecule has 0 spiro atoms. The summed E-state index contributed by atoms with van der Waals surface area (Å²) in [5, 5.41) is 7.90. The maximum Gasteiger partial charge on any atom is 0.217 e. The van der Waals surface area contributed by atoms with Gasteiger partial charge < -0.3 is 10.1 Å². The smallest absolute Gasteiger partial charge is 0.217 e. The van der Waals surface area contributed by atoms with Crippen molar-refractivity contribution in [1.29, 1.82) is 0 Å². The van der Waals surface area contributed by atoms with E-state index in [9.17, 15) is 0 Å². The van der Waals surface area contributed by atoms with Crippen LogP contribution in [0.1, 0.15) is 29.7 Å². The second-order valence-corrected chi connectivity index (χ2v) is 7.77. The number of methoxy groups -OCH3 is 1. The van der Waals surface area contributed by atoms with Crippen molar-refractivity contribution in [3.63, 3.8) is 0 Å². The third-order valence-electron chi connectivity index (χ3n) is 5.46. The van der Waals surface area contributed by atoms with Crippen LogP contribution in [-0.2, 0) is 26.6 Å². The molecule has 0 aromatic carbocycles. The molecule has 4 heterocycles. The molecule has 0 radical (unpaired) electrons. The maximum atomic E-state index is 5.42. The Morgan fingerprint density at radius 2 is 2.17 bits per heavy atom. The summed E-state index contributed by atoms with van der Waals surface area (Å²) in [7, 11) is 3.58. The first kappa shape index (κ1) is 18.1. The summed E-state index contributed by atoms with van der Waals surface area (Å²) in [5.41, 5.74) is 4.40.